The molecule has 1 aliphatic heterocycles. The fourth-order valence-corrected chi connectivity index (χ4v) is 1.45. The first-order chi connectivity index (χ1) is 8.00. The number of nitrogens with zero attached hydrogens (tertiary/aromatic N) is 2. The molecule has 0 saturated heterocycles. The van der Waals surface area contributed by atoms with Crippen molar-refractivity contribution in [3.8, 4) is 5.75 Å². The third kappa shape index (κ3) is 2.50. The average Bonchev–Trinajstić information content (AvgIpc) is 2.78. The van der Waals surface area contributed by atoms with E-state index in [9.17, 15) is 0 Å². The number of benzene rings is 1. The lowest BCUT2D eigenvalue weighted by Crippen LogP contribution is -2.48. The highest BCUT2D eigenvalue weighted by atomic mass is 16.5. The van der Waals surface area contributed by atoms with Crippen molar-refractivity contribution in [1.29, 1.82) is 0 Å². The van der Waals surface area contributed by atoms with Crippen LogP contribution in [0.5, 0.6) is 5.75 Å². The molecule has 1 aromatic carbocycles. The molecule has 0 aliphatic carbocycles. The van der Waals surface area contributed by atoms with E-state index in [2.05, 4.69) is 36.8 Å². The van der Waals surface area contributed by atoms with Gasteiger partial charge in [-0.3, -0.25) is 5.43 Å². The van der Waals surface area contributed by atoms with E-state index in [-0.39, 0.29) is 5.54 Å². The van der Waals surface area contributed by atoms with Crippen molar-refractivity contribution >= 4 is 5.84 Å². The maximum Gasteiger partial charge on any atom is 0.170 e. The molecule has 0 bridgehead atoms. The number of methoxy groups -OCH3 is 1. The van der Waals surface area contributed by atoms with Gasteiger partial charge < -0.3 is 4.74 Å². The quantitative estimate of drug-likeness (QED) is 0.813. The third-order valence-electron chi connectivity index (χ3n) is 2.48. The summed E-state index contributed by atoms with van der Waals surface area (Å²) < 4.78 is 5.12. The topological polar surface area (TPSA) is 48.9 Å². The second kappa shape index (κ2) is 4.25. The zero-order valence-corrected chi connectivity index (χ0v) is 10.6. The van der Waals surface area contributed by atoms with Crippen molar-refractivity contribution in [1.82, 2.24) is 16.1 Å². The third-order valence-corrected chi connectivity index (χ3v) is 2.48. The first kappa shape index (κ1) is 11.7. The molecule has 92 valence electrons. The zero-order chi connectivity index (χ0) is 12.5. The van der Waals surface area contributed by atoms with Crippen LogP contribution in [0, 0.1) is 0 Å². The Labute approximate surface area is 101 Å². The Hall–Kier alpha value is -1.75. The molecule has 5 nitrogen and oxygen atoms in total. The highest BCUT2D eigenvalue weighted by Gasteiger charge is 2.25. The minimum absolute atomic E-state index is 0.0682. The van der Waals surface area contributed by atoms with Gasteiger partial charge in [0.05, 0.1) is 12.6 Å². The first-order valence-corrected chi connectivity index (χ1v) is 5.55. The van der Waals surface area contributed by atoms with Gasteiger partial charge in [-0.2, -0.15) is 0 Å². The summed E-state index contributed by atoms with van der Waals surface area (Å²) in [6.45, 7) is 6.26. The Morgan fingerprint density at radius 1 is 1.18 bits per heavy atom. The SMILES string of the molecule is COc1ccc(C2=NN(C(C)(C)C)NN2)cc1. The molecular weight excluding hydrogens is 216 g/mol. The van der Waals surface area contributed by atoms with Gasteiger partial charge in [-0.25, -0.2) is 5.12 Å². The van der Waals surface area contributed by atoms with Crippen LogP contribution in [0.2, 0.25) is 0 Å². The maximum absolute atomic E-state index is 5.12. The van der Waals surface area contributed by atoms with Gasteiger partial charge in [-0.1, -0.05) is 0 Å². The summed E-state index contributed by atoms with van der Waals surface area (Å²) in [5.74, 6) is 1.65. The van der Waals surface area contributed by atoms with Crippen molar-refractivity contribution in [3.63, 3.8) is 0 Å². The minimum atomic E-state index is -0.0682. The average molecular weight is 234 g/mol. The minimum Gasteiger partial charge on any atom is -0.497 e. The lowest BCUT2D eigenvalue weighted by atomic mass is 10.1. The van der Waals surface area contributed by atoms with Gasteiger partial charge in [0.1, 0.15) is 5.75 Å². The van der Waals surface area contributed by atoms with E-state index in [1.165, 1.54) is 0 Å². The molecule has 0 saturated carbocycles. The molecule has 0 aromatic heterocycles. The Kier molecular flexibility index (Phi) is 2.93. The summed E-state index contributed by atoms with van der Waals surface area (Å²) in [6.07, 6.45) is 0. The molecule has 0 amide bonds. The van der Waals surface area contributed by atoms with E-state index in [4.69, 9.17) is 4.74 Å². The summed E-state index contributed by atoms with van der Waals surface area (Å²) >= 11 is 0. The molecule has 0 unspecified atom stereocenters. The van der Waals surface area contributed by atoms with Crippen molar-refractivity contribution < 1.29 is 4.74 Å². The van der Waals surface area contributed by atoms with Crippen LogP contribution in [0.1, 0.15) is 26.3 Å². The summed E-state index contributed by atoms with van der Waals surface area (Å²) in [4.78, 5) is 0. The van der Waals surface area contributed by atoms with E-state index < -0.39 is 0 Å². The molecule has 2 rings (SSSR count). The number of amidine groups is 1. The Bertz CT molecular complexity index is 419. The number of hydrazone groups is 1. The zero-order valence-electron chi connectivity index (χ0n) is 10.6. The molecular formula is C12H18N4O. The molecule has 1 heterocycles. The van der Waals surface area contributed by atoms with E-state index in [1.54, 1.807) is 12.2 Å². The van der Waals surface area contributed by atoms with Crippen LogP contribution in [-0.4, -0.2) is 23.6 Å². The standard InChI is InChI=1S/C12H18N4O/c1-12(2,3)16-14-11(13-15-16)9-5-7-10(17-4)8-6-9/h5-8,15H,1-4H3,(H,13,14). The number of hydrogen-bond acceptors (Lipinski definition) is 5. The fourth-order valence-electron chi connectivity index (χ4n) is 1.45. The molecule has 2 N–H and O–H groups in total. The summed E-state index contributed by atoms with van der Waals surface area (Å²) in [5, 5.41) is 6.27. The van der Waals surface area contributed by atoms with E-state index >= 15 is 0 Å². The highest BCUT2D eigenvalue weighted by molar-refractivity contribution is 5.99. The molecule has 0 atom stereocenters. The molecule has 1 aliphatic rings. The predicted molar refractivity (Wildman–Crippen MR) is 67.4 cm³/mol. The summed E-state index contributed by atoms with van der Waals surface area (Å²) in [7, 11) is 1.66. The van der Waals surface area contributed by atoms with Crippen LogP contribution in [0.3, 0.4) is 0 Å². The van der Waals surface area contributed by atoms with Crippen molar-refractivity contribution in [3.05, 3.63) is 29.8 Å². The van der Waals surface area contributed by atoms with Crippen LogP contribution in [0.15, 0.2) is 29.4 Å². The number of hydrazine groups is 2. The highest BCUT2D eigenvalue weighted by Crippen LogP contribution is 2.16. The molecule has 0 spiro atoms. The molecule has 1 aromatic rings. The van der Waals surface area contributed by atoms with Gasteiger partial charge >= 0.3 is 0 Å². The van der Waals surface area contributed by atoms with Gasteiger partial charge in [-0.15, -0.1) is 10.6 Å². The largest absolute Gasteiger partial charge is 0.497 e. The number of ether oxygens (including phenoxy) is 1. The lowest BCUT2D eigenvalue weighted by molar-refractivity contribution is 0.0838. The first-order valence-electron chi connectivity index (χ1n) is 5.55. The normalized spacial score (nSPS) is 15.5. The number of hydrogen-bond donors (Lipinski definition) is 2. The summed E-state index contributed by atoms with van der Waals surface area (Å²) in [6, 6.07) is 7.77. The smallest absolute Gasteiger partial charge is 0.170 e. The Morgan fingerprint density at radius 2 is 1.82 bits per heavy atom. The molecule has 0 fully saturated rings. The second-order valence-electron chi connectivity index (χ2n) is 4.90. The van der Waals surface area contributed by atoms with Crippen LogP contribution >= 0.6 is 0 Å². The molecule has 5 heteroatoms. The van der Waals surface area contributed by atoms with Crippen LogP contribution in [0.25, 0.3) is 0 Å². The Morgan fingerprint density at radius 3 is 2.29 bits per heavy atom. The monoisotopic (exact) mass is 234 g/mol. The van der Waals surface area contributed by atoms with E-state index in [1.807, 2.05) is 24.3 Å². The second-order valence-corrected chi connectivity index (χ2v) is 4.90. The number of rotatable bonds is 2. The summed E-state index contributed by atoms with van der Waals surface area (Å²) in [5.41, 5.74) is 7.02. The Balaban J connectivity index is 2.18. The predicted octanol–water partition coefficient (Wildman–Crippen LogP) is 1.48. The maximum atomic E-state index is 5.12. The van der Waals surface area contributed by atoms with Crippen molar-refractivity contribution in [2.24, 2.45) is 5.10 Å². The van der Waals surface area contributed by atoms with Gasteiger partial charge in [0.15, 0.2) is 5.84 Å². The fraction of sp³-hybridized carbons (Fsp3) is 0.417. The van der Waals surface area contributed by atoms with E-state index in [0.29, 0.717) is 0 Å². The van der Waals surface area contributed by atoms with E-state index in [0.717, 1.165) is 17.1 Å². The molecule has 17 heavy (non-hydrogen) atoms. The van der Waals surface area contributed by atoms with Crippen LogP contribution < -0.4 is 15.7 Å². The van der Waals surface area contributed by atoms with Gasteiger partial charge in [-0.05, 0) is 45.0 Å². The lowest BCUT2D eigenvalue weighted by Gasteiger charge is -2.28. The van der Waals surface area contributed by atoms with Crippen molar-refractivity contribution in [2.45, 2.75) is 26.3 Å². The van der Waals surface area contributed by atoms with Crippen LogP contribution in [0.4, 0.5) is 0 Å². The van der Waals surface area contributed by atoms with Gasteiger partial charge in [0.2, 0.25) is 0 Å². The van der Waals surface area contributed by atoms with Crippen molar-refractivity contribution in [2.75, 3.05) is 7.11 Å². The van der Waals surface area contributed by atoms with Gasteiger partial charge in [0, 0.05) is 5.56 Å². The number of nitrogens with one attached hydrogen (secondary N) is 2. The molecule has 0 radical (unpaired) electrons. The van der Waals surface area contributed by atoms with Gasteiger partial charge in [0.25, 0.3) is 0 Å². The van der Waals surface area contributed by atoms with Crippen LogP contribution in [-0.2, 0) is 0 Å².